The van der Waals surface area contributed by atoms with Crippen LogP contribution in [0.15, 0.2) is 48.7 Å². The number of aryl methyl sites for hydroxylation is 2. The van der Waals surface area contributed by atoms with E-state index >= 15 is 0 Å². The Bertz CT molecular complexity index is 1230. The fraction of sp³-hybridized carbons (Fsp3) is 0.182. The maximum Gasteiger partial charge on any atom is 0.163 e. The smallest absolute Gasteiger partial charge is 0.163 e. The highest BCUT2D eigenvalue weighted by Gasteiger charge is 2.25. The molecule has 4 aromatic rings. The van der Waals surface area contributed by atoms with Gasteiger partial charge in [-0.15, -0.1) is 0 Å². The number of nitriles is 1. The quantitative estimate of drug-likeness (QED) is 0.544. The van der Waals surface area contributed by atoms with Gasteiger partial charge < -0.3 is 0 Å². The van der Waals surface area contributed by atoms with Gasteiger partial charge in [-0.05, 0) is 62.6 Å². The molecule has 0 bridgehead atoms. The van der Waals surface area contributed by atoms with E-state index in [1.54, 1.807) is 6.07 Å². The number of hydrogen-bond donors (Lipinski definition) is 0. The van der Waals surface area contributed by atoms with Crippen molar-refractivity contribution in [1.29, 1.82) is 5.26 Å². The van der Waals surface area contributed by atoms with Crippen LogP contribution in [0.4, 0.5) is 0 Å². The Hall–Kier alpha value is -3.52. The van der Waals surface area contributed by atoms with E-state index in [0.717, 1.165) is 58.8 Å². The number of nitrogens with zero attached hydrogens (tertiary/aromatic N) is 5. The van der Waals surface area contributed by atoms with E-state index in [1.165, 1.54) is 5.69 Å². The lowest BCUT2D eigenvalue weighted by Gasteiger charge is -2.14. The van der Waals surface area contributed by atoms with Gasteiger partial charge in [0.2, 0.25) is 0 Å². The molecule has 3 heterocycles. The van der Waals surface area contributed by atoms with Crippen molar-refractivity contribution in [3.63, 3.8) is 0 Å². The molecule has 0 amide bonds. The lowest BCUT2D eigenvalue weighted by molar-refractivity contribution is 0.848. The summed E-state index contributed by atoms with van der Waals surface area (Å²) in [5.74, 6) is 0.860. The molecular formula is C22H17N5. The summed E-state index contributed by atoms with van der Waals surface area (Å²) in [6.07, 6.45) is 4.92. The van der Waals surface area contributed by atoms with Crippen molar-refractivity contribution in [2.24, 2.45) is 0 Å². The van der Waals surface area contributed by atoms with E-state index in [-0.39, 0.29) is 0 Å². The van der Waals surface area contributed by atoms with Gasteiger partial charge in [0.05, 0.1) is 28.5 Å². The molecule has 0 saturated heterocycles. The molecule has 0 atom stereocenters. The molecule has 5 rings (SSSR count). The molecule has 0 N–H and O–H groups in total. The predicted molar refractivity (Wildman–Crippen MR) is 104 cm³/mol. The first kappa shape index (κ1) is 15.7. The lowest BCUT2D eigenvalue weighted by atomic mass is 10.1. The molecule has 5 heteroatoms. The van der Waals surface area contributed by atoms with Crippen LogP contribution in [0.5, 0.6) is 0 Å². The SMILES string of the molecule is Cc1cccc(-c2nc3c(n2-c2ccnc4ccc(C#N)cc24)CCC3)n1. The number of aromatic nitrogens is 4. The Morgan fingerprint density at radius 2 is 2.00 bits per heavy atom. The predicted octanol–water partition coefficient (Wildman–Crippen LogP) is 4.15. The molecule has 130 valence electrons. The Morgan fingerprint density at radius 3 is 2.85 bits per heavy atom. The third-order valence-electron chi connectivity index (χ3n) is 5.09. The summed E-state index contributed by atoms with van der Waals surface area (Å²) < 4.78 is 2.22. The van der Waals surface area contributed by atoms with Gasteiger partial charge in [-0.2, -0.15) is 5.26 Å². The second kappa shape index (κ2) is 6.03. The van der Waals surface area contributed by atoms with Gasteiger partial charge in [-0.3, -0.25) is 9.55 Å². The number of benzene rings is 1. The van der Waals surface area contributed by atoms with Crippen LogP contribution >= 0.6 is 0 Å². The number of hydrogen-bond acceptors (Lipinski definition) is 4. The summed E-state index contributed by atoms with van der Waals surface area (Å²) in [5, 5.41) is 10.3. The van der Waals surface area contributed by atoms with Crippen molar-refractivity contribution in [3.05, 3.63) is 71.3 Å². The van der Waals surface area contributed by atoms with Crippen molar-refractivity contribution in [3.8, 4) is 23.3 Å². The Labute approximate surface area is 157 Å². The summed E-state index contributed by atoms with van der Waals surface area (Å²) in [6, 6.07) is 15.9. The zero-order chi connectivity index (χ0) is 18.4. The van der Waals surface area contributed by atoms with Crippen molar-refractivity contribution in [1.82, 2.24) is 19.5 Å². The molecule has 1 aliphatic carbocycles. The fourth-order valence-electron chi connectivity index (χ4n) is 3.87. The standard InChI is InChI=1S/C22H17N5/c1-14-4-2-6-19(25-14)22-26-18-5-3-7-21(18)27(22)20-10-11-24-17-9-8-15(13-23)12-16(17)20/h2,4,6,8-12H,3,5,7H2,1H3. The summed E-state index contributed by atoms with van der Waals surface area (Å²) in [6.45, 7) is 1.99. The van der Waals surface area contributed by atoms with Gasteiger partial charge in [0, 0.05) is 23.0 Å². The monoisotopic (exact) mass is 351 g/mol. The number of fused-ring (bicyclic) bond motifs is 2. The normalized spacial score (nSPS) is 12.9. The van der Waals surface area contributed by atoms with Crippen LogP contribution < -0.4 is 0 Å². The molecule has 0 spiro atoms. The van der Waals surface area contributed by atoms with E-state index in [0.29, 0.717) is 5.56 Å². The maximum atomic E-state index is 9.34. The molecule has 27 heavy (non-hydrogen) atoms. The second-order valence-corrected chi connectivity index (χ2v) is 6.86. The molecule has 0 aliphatic heterocycles. The average Bonchev–Trinajstić information content (AvgIpc) is 3.28. The fourth-order valence-corrected chi connectivity index (χ4v) is 3.87. The molecular weight excluding hydrogens is 334 g/mol. The van der Waals surface area contributed by atoms with E-state index < -0.39 is 0 Å². The molecule has 3 aromatic heterocycles. The highest BCUT2D eigenvalue weighted by molar-refractivity contribution is 5.89. The van der Waals surface area contributed by atoms with Crippen molar-refractivity contribution >= 4 is 10.9 Å². The van der Waals surface area contributed by atoms with Crippen LogP contribution in [0, 0.1) is 18.3 Å². The highest BCUT2D eigenvalue weighted by Crippen LogP contribution is 2.33. The first-order chi connectivity index (χ1) is 13.2. The molecule has 1 aliphatic rings. The maximum absolute atomic E-state index is 9.34. The Kier molecular flexibility index (Phi) is 3.51. The summed E-state index contributed by atoms with van der Waals surface area (Å²) >= 11 is 0. The van der Waals surface area contributed by atoms with E-state index in [4.69, 9.17) is 9.97 Å². The first-order valence-electron chi connectivity index (χ1n) is 9.08. The van der Waals surface area contributed by atoms with Crippen LogP contribution in [0.3, 0.4) is 0 Å². The lowest BCUT2D eigenvalue weighted by Crippen LogP contribution is -2.04. The van der Waals surface area contributed by atoms with Gasteiger partial charge in [0.1, 0.15) is 5.69 Å². The molecule has 0 saturated carbocycles. The zero-order valence-corrected chi connectivity index (χ0v) is 15.0. The van der Waals surface area contributed by atoms with E-state index in [2.05, 4.69) is 15.6 Å². The third-order valence-corrected chi connectivity index (χ3v) is 5.09. The minimum atomic E-state index is 0.628. The summed E-state index contributed by atoms with van der Waals surface area (Å²) in [4.78, 5) is 14.1. The van der Waals surface area contributed by atoms with Crippen molar-refractivity contribution in [2.75, 3.05) is 0 Å². The van der Waals surface area contributed by atoms with Crippen LogP contribution in [0.25, 0.3) is 28.1 Å². The molecule has 5 nitrogen and oxygen atoms in total. The molecule has 1 aromatic carbocycles. The zero-order valence-electron chi connectivity index (χ0n) is 15.0. The van der Waals surface area contributed by atoms with Crippen LogP contribution in [0.1, 0.15) is 29.1 Å². The number of imidazole rings is 1. The molecule has 0 fully saturated rings. The van der Waals surface area contributed by atoms with Crippen LogP contribution in [0.2, 0.25) is 0 Å². The minimum Gasteiger partial charge on any atom is -0.294 e. The molecule has 0 radical (unpaired) electrons. The molecule has 0 unspecified atom stereocenters. The van der Waals surface area contributed by atoms with Gasteiger partial charge in [0.25, 0.3) is 0 Å². The highest BCUT2D eigenvalue weighted by atomic mass is 15.1. The van der Waals surface area contributed by atoms with E-state index in [9.17, 15) is 5.26 Å². The van der Waals surface area contributed by atoms with Gasteiger partial charge in [-0.1, -0.05) is 6.07 Å². The van der Waals surface area contributed by atoms with E-state index in [1.807, 2.05) is 49.5 Å². The Balaban J connectivity index is 1.84. The Morgan fingerprint density at radius 1 is 1.07 bits per heavy atom. The van der Waals surface area contributed by atoms with Crippen molar-refractivity contribution < 1.29 is 0 Å². The first-order valence-corrected chi connectivity index (χ1v) is 9.08. The largest absolute Gasteiger partial charge is 0.294 e. The van der Waals surface area contributed by atoms with Gasteiger partial charge in [0.15, 0.2) is 5.82 Å². The summed E-state index contributed by atoms with van der Waals surface area (Å²) in [7, 11) is 0. The van der Waals surface area contributed by atoms with Gasteiger partial charge in [-0.25, -0.2) is 9.97 Å². The van der Waals surface area contributed by atoms with Crippen molar-refractivity contribution in [2.45, 2.75) is 26.2 Å². The second-order valence-electron chi connectivity index (χ2n) is 6.86. The van der Waals surface area contributed by atoms with Crippen LogP contribution in [-0.2, 0) is 12.8 Å². The van der Waals surface area contributed by atoms with Crippen LogP contribution in [-0.4, -0.2) is 19.5 Å². The topological polar surface area (TPSA) is 67.4 Å². The number of rotatable bonds is 2. The van der Waals surface area contributed by atoms with Gasteiger partial charge >= 0.3 is 0 Å². The third kappa shape index (κ3) is 2.49. The number of pyridine rings is 2. The minimum absolute atomic E-state index is 0.628. The average molecular weight is 351 g/mol. The summed E-state index contributed by atoms with van der Waals surface area (Å²) in [5.41, 5.74) is 6.72.